The molecule has 0 fully saturated rings. The van der Waals surface area contributed by atoms with E-state index in [1.165, 1.54) is 0 Å². The number of rotatable bonds is 5. The van der Waals surface area contributed by atoms with Gasteiger partial charge in [0.1, 0.15) is 5.75 Å². The predicted molar refractivity (Wildman–Crippen MR) is 113 cm³/mol. The molecule has 0 spiro atoms. The summed E-state index contributed by atoms with van der Waals surface area (Å²) in [5.74, 6) is -0.889. The van der Waals surface area contributed by atoms with Gasteiger partial charge in [0, 0.05) is 22.4 Å². The number of carbonyl (C=O) groups is 3. The van der Waals surface area contributed by atoms with Crippen LogP contribution >= 0.6 is 0 Å². The van der Waals surface area contributed by atoms with Gasteiger partial charge in [-0.15, -0.1) is 0 Å². The minimum absolute atomic E-state index is 0.271. The number of methoxy groups -OCH3 is 1. The summed E-state index contributed by atoms with van der Waals surface area (Å²) in [5.41, 5.74) is 0.365. The summed E-state index contributed by atoms with van der Waals surface area (Å²) in [6.07, 6.45) is 0. The van der Waals surface area contributed by atoms with E-state index < -0.39 is 23.1 Å². The number of ketones is 2. The van der Waals surface area contributed by atoms with Gasteiger partial charge in [-0.05, 0) is 43.3 Å². The highest BCUT2D eigenvalue weighted by molar-refractivity contribution is 6.35. The van der Waals surface area contributed by atoms with E-state index in [9.17, 15) is 14.4 Å². The number of amides is 1. The number of Topliss-reactive ketones (excluding diaryl/α,β-unsaturated/α-hetero) is 2. The van der Waals surface area contributed by atoms with Crippen LogP contribution in [0.2, 0.25) is 0 Å². The summed E-state index contributed by atoms with van der Waals surface area (Å²) < 4.78 is 5.16. The molecule has 1 amide bonds. The van der Waals surface area contributed by atoms with Gasteiger partial charge in [-0.1, -0.05) is 42.0 Å². The lowest BCUT2D eigenvalue weighted by Gasteiger charge is -2.29. The smallest absolute Gasteiger partial charge is 0.253 e. The van der Waals surface area contributed by atoms with Crippen LogP contribution in [-0.2, 0) is 0 Å². The van der Waals surface area contributed by atoms with Gasteiger partial charge in [-0.3, -0.25) is 14.4 Å². The molecule has 4 rings (SSSR count). The molecule has 6 nitrogen and oxygen atoms in total. The number of hydrogen-bond donors (Lipinski definition) is 2. The van der Waals surface area contributed by atoms with Gasteiger partial charge >= 0.3 is 0 Å². The van der Waals surface area contributed by atoms with Gasteiger partial charge in [-0.25, -0.2) is 0 Å². The van der Waals surface area contributed by atoms with Crippen molar-refractivity contribution in [3.05, 3.63) is 95.1 Å². The minimum atomic E-state index is -1.93. The molecule has 150 valence electrons. The molecule has 2 N–H and O–H groups in total. The number of aryl methyl sites for hydroxylation is 1. The number of anilines is 1. The average molecular weight is 400 g/mol. The largest absolute Gasteiger partial charge is 0.497 e. The number of carbonyl (C=O) groups excluding carboxylic acids is 3. The van der Waals surface area contributed by atoms with E-state index in [-0.39, 0.29) is 11.1 Å². The number of fused-ring (bicyclic) bond motifs is 1. The van der Waals surface area contributed by atoms with E-state index >= 15 is 0 Å². The third-order valence-electron chi connectivity index (χ3n) is 5.10. The van der Waals surface area contributed by atoms with Gasteiger partial charge in [0.25, 0.3) is 5.91 Å². The van der Waals surface area contributed by atoms with Crippen molar-refractivity contribution in [2.45, 2.75) is 12.6 Å². The summed E-state index contributed by atoms with van der Waals surface area (Å²) in [7, 11) is 1.55. The standard InChI is InChI=1S/C24H20N2O4/c1-15-6-5-7-16(14-15)23(29)26-24(25-17-10-12-18(30-2)13-11-17)21(27)19-8-3-4-9-20(19)22(24)28/h3-14,25H,1-2H3,(H,26,29). The van der Waals surface area contributed by atoms with Crippen molar-refractivity contribution in [1.29, 1.82) is 0 Å². The first kappa shape index (κ1) is 19.4. The number of ether oxygens (including phenoxy) is 1. The fourth-order valence-electron chi connectivity index (χ4n) is 3.56. The van der Waals surface area contributed by atoms with Crippen LogP contribution in [0.15, 0.2) is 72.8 Å². The van der Waals surface area contributed by atoms with Crippen LogP contribution in [0.3, 0.4) is 0 Å². The van der Waals surface area contributed by atoms with Crippen molar-refractivity contribution < 1.29 is 19.1 Å². The molecule has 0 unspecified atom stereocenters. The van der Waals surface area contributed by atoms with E-state index in [0.29, 0.717) is 17.0 Å². The molecule has 3 aromatic carbocycles. The van der Waals surface area contributed by atoms with E-state index in [0.717, 1.165) is 5.56 Å². The van der Waals surface area contributed by atoms with Gasteiger partial charge in [-0.2, -0.15) is 0 Å². The predicted octanol–water partition coefficient (Wildman–Crippen LogP) is 3.62. The molecule has 6 heteroatoms. The zero-order chi connectivity index (χ0) is 21.3. The highest BCUT2D eigenvalue weighted by atomic mass is 16.5. The van der Waals surface area contributed by atoms with Gasteiger partial charge in [0.2, 0.25) is 17.2 Å². The van der Waals surface area contributed by atoms with Crippen LogP contribution in [0.1, 0.15) is 36.6 Å². The van der Waals surface area contributed by atoms with Crippen molar-refractivity contribution in [3.8, 4) is 5.75 Å². The highest BCUT2D eigenvalue weighted by Crippen LogP contribution is 2.32. The van der Waals surface area contributed by atoms with Gasteiger partial charge in [0.05, 0.1) is 7.11 Å². The van der Waals surface area contributed by atoms with Crippen LogP contribution in [0.5, 0.6) is 5.75 Å². The quantitative estimate of drug-likeness (QED) is 0.505. The molecule has 0 bridgehead atoms. The Hall–Kier alpha value is -3.93. The Morgan fingerprint density at radius 1 is 0.867 bits per heavy atom. The Balaban J connectivity index is 1.76. The molecule has 0 saturated heterocycles. The molecule has 0 aliphatic heterocycles. The molecule has 1 aliphatic rings. The zero-order valence-electron chi connectivity index (χ0n) is 16.6. The molecule has 0 radical (unpaired) electrons. The van der Waals surface area contributed by atoms with Crippen LogP contribution in [0.25, 0.3) is 0 Å². The monoisotopic (exact) mass is 400 g/mol. The van der Waals surface area contributed by atoms with E-state index in [1.807, 2.05) is 13.0 Å². The van der Waals surface area contributed by atoms with Gasteiger partial charge < -0.3 is 15.4 Å². The van der Waals surface area contributed by atoms with E-state index in [2.05, 4.69) is 10.6 Å². The van der Waals surface area contributed by atoms with E-state index in [4.69, 9.17) is 4.74 Å². The van der Waals surface area contributed by atoms with Crippen molar-refractivity contribution >= 4 is 23.2 Å². The van der Waals surface area contributed by atoms with Crippen LogP contribution in [-0.4, -0.2) is 30.2 Å². The second kappa shape index (κ2) is 7.48. The zero-order valence-corrected chi connectivity index (χ0v) is 16.6. The lowest BCUT2D eigenvalue weighted by atomic mass is 10.0. The molecular weight excluding hydrogens is 380 g/mol. The summed E-state index contributed by atoms with van der Waals surface area (Å²) in [6.45, 7) is 1.86. The normalized spacial score (nSPS) is 14.2. The average Bonchev–Trinajstić information content (AvgIpc) is 2.96. The van der Waals surface area contributed by atoms with Crippen LogP contribution < -0.4 is 15.4 Å². The minimum Gasteiger partial charge on any atom is -0.497 e. The number of nitrogens with one attached hydrogen (secondary N) is 2. The molecule has 0 heterocycles. The topological polar surface area (TPSA) is 84.5 Å². The van der Waals surface area contributed by atoms with Gasteiger partial charge in [0.15, 0.2) is 0 Å². The first-order valence-electron chi connectivity index (χ1n) is 9.44. The SMILES string of the molecule is COc1ccc(NC2(NC(=O)c3cccc(C)c3)C(=O)c3ccccc3C2=O)cc1. The van der Waals surface area contributed by atoms with Crippen molar-refractivity contribution in [1.82, 2.24) is 5.32 Å². The summed E-state index contributed by atoms with van der Waals surface area (Å²) in [5, 5.41) is 5.66. The first-order valence-corrected chi connectivity index (χ1v) is 9.44. The van der Waals surface area contributed by atoms with Crippen molar-refractivity contribution in [2.24, 2.45) is 0 Å². The maximum atomic E-state index is 13.4. The lowest BCUT2D eigenvalue weighted by molar-refractivity contribution is 0.0726. The molecule has 0 aromatic heterocycles. The third-order valence-corrected chi connectivity index (χ3v) is 5.10. The molecular formula is C24H20N2O4. The fraction of sp³-hybridized carbons (Fsp3) is 0.125. The Morgan fingerprint density at radius 3 is 2.07 bits per heavy atom. The Morgan fingerprint density at radius 2 is 1.50 bits per heavy atom. The van der Waals surface area contributed by atoms with Crippen LogP contribution in [0, 0.1) is 6.92 Å². The summed E-state index contributed by atoms with van der Waals surface area (Å²) in [6, 6.07) is 20.3. The number of benzene rings is 3. The maximum absolute atomic E-state index is 13.4. The maximum Gasteiger partial charge on any atom is 0.253 e. The fourth-order valence-corrected chi connectivity index (χ4v) is 3.56. The second-order valence-corrected chi connectivity index (χ2v) is 7.13. The number of hydrogen-bond acceptors (Lipinski definition) is 5. The Kier molecular flexibility index (Phi) is 4.83. The molecule has 3 aromatic rings. The lowest BCUT2D eigenvalue weighted by Crippen LogP contribution is -2.62. The van der Waals surface area contributed by atoms with Crippen molar-refractivity contribution in [3.63, 3.8) is 0 Å². The Labute approximate surface area is 173 Å². The Bertz CT molecular complexity index is 1120. The molecule has 1 aliphatic carbocycles. The molecule has 30 heavy (non-hydrogen) atoms. The van der Waals surface area contributed by atoms with Crippen molar-refractivity contribution in [2.75, 3.05) is 12.4 Å². The summed E-state index contributed by atoms with van der Waals surface area (Å²) in [4.78, 5) is 39.8. The molecule has 0 saturated carbocycles. The third kappa shape index (κ3) is 3.22. The molecule has 0 atom stereocenters. The van der Waals surface area contributed by atoms with E-state index in [1.54, 1.807) is 73.8 Å². The van der Waals surface area contributed by atoms with Crippen LogP contribution in [0.4, 0.5) is 5.69 Å². The second-order valence-electron chi connectivity index (χ2n) is 7.13. The highest BCUT2D eigenvalue weighted by Gasteiger charge is 2.54. The summed E-state index contributed by atoms with van der Waals surface area (Å²) >= 11 is 0. The first-order chi connectivity index (χ1) is 14.4.